The molecule has 5 N–H and O–H groups in total. The van der Waals surface area contributed by atoms with Gasteiger partial charge in [-0.1, -0.05) is 30.3 Å². The van der Waals surface area contributed by atoms with Gasteiger partial charge in [-0.15, -0.1) is 0 Å². The van der Waals surface area contributed by atoms with E-state index in [-0.39, 0.29) is 12.3 Å². The molecule has 1 aromatic carbocycles. The van der Waals surface area contributed by atoms with Crippen LogP contribution in [0.3, 0.4) is 0 Å². The van der Waals surface area contributed by atoms with Crippen LogP contribution in [0.15, 0.2) is 30.3 Å². The number of benzene rings is 1. The van der Waals surface area contributed by atoms with Crippen LogP contribution in [0.2, 0.25) is 0 Å². The van der Waals surface area contributed by atoms with Crippen molar-refractivity contribution in [3.8, 4) is 0 Å². The highest BCUT2D eigenvalue weighted by Gasteiger charge is 2.38. The molecule has 3 amide bonds. The Labute approximate surface area is 192 Å². The van der Waals surface area contributed by atoms with Crippen LogP contribution in [-0.4, -0.2) is 76.4 Å². The van der Waals surface area contributed by atoms with Gasteiger partial charge in [0.05, 0.1) is 6.04 Å². The highest BCUT2D eigenvalue weighted by atomic mass is 32.2. The number of nitrogens with two attached hydrogens (primary N) is 1. The third-order valence-electron chi connectivity index (χ3n) is 5.37. The molecule has 0 saturated carbocycles. The highest BCUT2D eigenvalue weighted by molar-refractivity contribution is 7.98. The van der Waals surface area contributed by atoms with E-state index in [4.69, 9.17) is 5.73 Å². The number of rotatable bonds is 11. The Bertz CT molecular complexity index is 805. The number of nitrogens with zero attached hydrogens (tertiary/aromatic N) is 1. The summed E-state index contributed by atoms with van der Waals surface area (Å²) in [6.45, 7) is 1.91. The predicted octanol–water partition coefficient (Wildman–Crippen LogP) is 0.375. The van der Waals surface area contributed by atoms with Crippen molar-refractivity contribution in [3.05, 3.63) is 35.9 Å². The first-order valence-electron chi connectivity index (χ1n) is 10.7. The number of hydrogen-bond acceptors (Lipinski definition) is 6. The molecule has 1 aromatic rings. The smallest absolute Gasteiger partial charge is 0.326 e. The summed E-state index contributed by atoms with van der Waals surface area (Å²) in [6, 6.07) is 5.61. The summed E-state index contributed by atoms with van der Waals surface area (Å²) in [5.41, 5.74) is 6.41. The number of amides is 3. The van der Waals surface area contributed by atoms with Crippen molar-refractivity contribution < 1.29 is 24.3 Å². The topological polar surface area (TPSA) is 142 Å². The van der Waals surface area contributed by atoms with Crippen LogP contribution >= 0.6 is 11.8 Å². The van der Waals surface area contributed by atoms with E-state index >= 15 is 0 Å². The zero-order valence-electron chi connectivity index (χ0n) is 18.5. The van der Waals surface area contributed by atoms with E-state index in [1.165, 1.54) is 11.8 Å². The van der Waals surface area contributed by atoms with E-state index in [0.29, 0.717) is 31.6 Å². The molecule has 1 aliphatic rings. The first kappa shape index (κ1) is 25.7. The van der Waals surface area contributed by atoms with Crippen LogP contribution in [0.5, 0.6) is 0 Å². The maximum Gasteiger partial charge on any atom is 0.326 e. The SMILES string of the molecule is CSCCC(NC(=O)C(C)N)C(=O)N1CCCC1C(=O)NC(Cc1ccccc1)C(=O)O. The summed E-state index contributed by atoms with van der Waals surface area (Å²) in [5.74, 6) is -1.76. The van der Waals surface area contributed by atoms with Crippen molar-refractivity contribution in [1.29, 1.82) is 0 Å². The van der Waals surface area contributed by atoms with Crippen molar-refractivity contribution in [2.75, 3.05) is 18.6 Å². The molecule has 176 valence electrons. The van der Waals surface area contributed by atoms with Crippen molar-refractivity contribution in [1.82, 2.24) is 15.5 Å². The Kier molecular flexibility index (Phi) is 9.98. The molecule has 0 aliphatic carbocycles. The molecule has 1 heterocycles. The van der Waals surface area contributed by atoms with Gasteiger partial charge in [-0.2, -0.15) is 11.8 Å². The Morgan fingerprint density at radius 1 is 1.19 bits per heavy atom. The van der Waals surface area contributed by atoms with Gasteiger partial charge in [0.25, 0.3) is 0 Å². The standard InChI is InChI=1S/C22H32N4O5S/c1-14(23)19(27)24-16(10-12-32-2)21(29)26-11-6-9-18(26)20(28)25-17(22(30)31)13-15-7-4-3-5-8-15/h3-5,7-8,14,16-18H,6,9-13,23H2,1-2H3,(H,24,27)(H,25,28)(H,30,31). The second-order valence-corrected chi connectivity index (χ2v) is 8.90. The number of thioether (sulfide) groups is 1. The molecule has 0 spiro atoms. The maximum atomic E-state index is 13.2. The average molecular weight is 465 g/mol. The number of likely N-dealkylation sites (tertiary alicyclic amines) is 1. The molecule has 0 bridgehead atoms. The lowest BCUT2D eigenvalue weighted by molar-refractivity contribution is -0.144. The van der Waals surface area contributed by atoms with Crippen LogP contribution in [0.25, 0.3) is 0 Å². The van der Waals surface area contributed by atoms with Crippen LogP contribution in [0, 0.1) is 0 Å². The van der Waals surface area contributed by atoms with E-state index in [1.54, 1.807) is 36.0 Å². The first-order valence-corrected chi connectivity index (χ1v) is 12.1. The molecule has 0 radical (unpaired) electrons. The predicted molar refractivity (Wildman–Crippen MR) is 123 cm³/mol. The second-order valence-electron chi connectivity index (χ2n) is 7.91. The molecule has 4 unspecified atom stereocenters. The highest BCUT2D eigenvalue weighted by Crippen LogP contribution is 2.20. The van der Waals surface area contributed by atoms with Gasteiger partial charge >= 0.3 is 5.97 Å². The summed E-state index contributed by atoms with van der Waals surface area (Å²) in [6.07, 6.45) is 3.51. The summed E-state index contributed by atoms with van der Waals surface area (Å²) in [7, 11) is 0. The molecule has 4 atom stereocenters. The van der Waals surface area contributed by atoms with Gasteiger partial charge in [0, 0.05) is 13.0 Å². The number of carbonyl (C=O) groups excluding carboxylic acids is 3. The lowest BCUT2D eigenvalue weighted by atomic mass is 10.1. The van der Waals surface area contributed by atoms with Crippen LogP contribution in [0.1, 0.15) is 31.7 Å². The minimum atomic E-state index is -1.14. The molecule has 1 saturated heterocycles. The maximum absolute atomic E-state index is 13.2. The lowest BCUT2D eigenvalue weighted by Gasteiger charge is -2.29. The fraction of sp³-hybridized carbons (Fsp3) is 0.545. The number of aliphatic carboxylic acids is 1. The van der Waals surface area contributed by atoms with Crippen molar-refractivity contribution in [2.45, 2.75) is 56.8 Å². The molecule has 32 heavy (non-hydrogen) atoms. The van der Waals surface area contributed by atoms with Crippen molar-refractivity contribution >= 4 is 35.5 Å². The number of carboxylic acid groups (broad SMARTS) is 1. The van der Waals surface area contributed by atoms with Gasteiger partial charge in [-0.3, -0.25) is 14.4 Å². The van der Waals surface area contributed by atoms with E-state index in [2.05, 4.69) is 10.6 Å². The third-order valence-corrected chi connectivity index (χ3v) is 6.02. The second kappa shape index (κ2) is 12.4. The largest absolute Gasteiger partial charge is 0.480 e. The van der Waals surface area contributed by atoms with E-state index in [0.717, 1.165) is 5.56 Å². The fourth-order valence-corrected chi connectivity index (χ4v) is 4.09. The number of nitrogens with one attached hydrogen (secondary N) is 2. The van der Waals surface area contributed by atoms with Gasteiger partial charge in [-0.25, -0.2) is 4.79 Å². The molecule has 1 fully saturated rings. The van der Waals surface area contributed by atoms with E-state index in [1.807, 2.05) is 12.3 Å². The summed E-state index contributed by atoms with van der Waals surface area (Å²) < 4.78 is 0. The number of hydrogen-bond donors (Lipinski definition) is 4. The summed E-state index contributed by atoms with van der Waals surface area (Å²) >= 11 is 1.55. The monoisotopic (exact) mass is 464 g/mol. The van der Waals surface area contributed by atoms with Gasteiger partial charge in [-0.05, 0) is 43.8 Å². The quantitative estimate of drug-likeness (QED) is 0.371. The lowest BCUT2D eigenvalue weighted by Crippen LogP contribution is -2.56. The Balaban J connectivity index is 2.10. The van der Waals surface area contributed by atoms with Gasteiger partial charge < -0.3 is 26.4 Å². The average Bonchev–Trinajstić information content (AvgIpc) is 3.26. The van der Waals surface area contributed by atoms with Crippen molar-refractivity contribution in [3.63, 3.8) is 0 Å². The molecular weight excluding hydrogens is 432 g/mol. The zero-order valence-corrected chi connectivity index (χ0v) is 19.3. The van der Waals surface area contributed by atoms with Crippen LogP contribution < -0.4 is 16.4 Å². The number of carboxylic acids is 1. The number of carbonyl (C=O) groups is 4. The molecular formula is C22H32N4O5S. The third kappa shape index (κ3) is 7.23. The molecule has 0 aromatic heterocycles. The molecule has 2 rings (SSSR count). The molecule has 10 heteroatoms. The first-order chi connectivity index (χ1) is 15.2. The summed E-state index contributed by atoms with van der Waals surface area (Å²) in [4.78, 5) is 51.4. The molecule has 1 aliphatic heterocycles. The molecule has 9 nitrogen and oxygen atoms in total. The normalized spacial score (nSPS) is 18.5. The minimum absolute atomic E-state index is 0.142. The van der Waals surface area contributed by atoms with Crippen LogP contribution in [0.4, 0.5) is 0 Å². The zero-order chi connectivity index (χ0) is 23.7. The van der Waals surface area contributed by atoms with E-state index < -0.39 is 42.0 Å². The minimum Gasteiger partial charge on any atom is -0.480 e. The Morgan fingerprint density at radius 2 is 1.88 bits per heavy atom. The van der Waals surface area contributed by atoms with Gasteiger partial charge in [0.15, 0.2) is 0 Å². The van der Waals surface area contributed by atoms with Gasteiger partial charge in [0.2, 0.25) is 17.7 Å². The van der Waals surface area contributed by atoms with Crippen molar-refractivity contribution in [2.24, 2.45) is 5.73 Å². The van der Waals surface area contributed by atoms with Crippen LogP contribution in [-0.2, 0) is 25.6 Å². The summed E-state index contributed by atoms with van der Waals surface area (Å²) in [5, 5.41) is 14.9. The fourth-order valence-electron chi connectivity index (χ4n) is 3.62. The van der Waals surface area contributed by atoms with E-state index in [9.17, 15) is 24.3 Å². The Morgan fingerprint density at radius 3 is 2.47 bits per heavy atom. The Hall–Kier alpha value is -2.59. The van der Waals surface area contributed by atoms with Gasteiger partial charge in [0.1, 0.15) is 18.1 Å².